The molecule has 0 aliphatic carbocycles. The van der Waals surface area contributed by atoms with Crippen molar-refractivity contribution < 1.29 is 14.7 Å². The van der Waals surface area contributed by atoms with Gasteiger partial charge in [0.05, 0.1) is 11.0 Å². The predicted molar refractivity (Wildman–Crippen MR) is 78.4 cm³/mol. The number of nitrogens with zero attached hydrogens (tertiary/aromatic N) is 1. The van der Waals surface area contributed by atoms with Crippen LogP contribution in [0.4, 0.5) is 0 Å². The van der Waals surface area contributed by atoms with Crippen LogP contribution >= 0.6 is 0 Å². The second kappa shape index (κ2) is 7.41. The summed E-state index contributed by atoms with van der Waals surface area (Å²) in [6, 6.07) is 3.31. The average Bonchev–Trinajstić information content (AvgIpc) is 2.50. The summed E-state index contributed by atoms with van der Waals surface area (Å²) in [5.74, 6) is 4.58. The van der Waals surface area contributed by atoms with E-state index in [4.69, 9.17) is 5.11 Å². The van der Waals surface area contributed by atoms with E-state index in [1.54, 1.807) is 33.0 Å². The highest BCUT2D eigenvalue weighted by molar-refractivity contribution is 5.95. The van der Waals surface area contributed by atoms with Crippen molar-refractivity contribution >= 4 is 11.8 Å². The molecular weight excluding hydrogens is 270 g/mol. The van der Waals surface area contributed by atoms with Crippen LogP contribution in [0.25, 0.3) is 0 Å². The van der Waals surface area contributed by atoms with Crippen molar-refractivity contribution in [2.45, 2.75) is 13.8 Å². The van der Waals surface area contributed by atoms with Crippen LogP contribution in [0, 0.1) is 17.3 Å². The van der Waals surface area contributed by atoms with Gasteiger partial charge in [0, 0.05) is 19.8 Å². The van der Waals surface area contributed by atoms with Gasteiger partial charge in [0.15, 0.2) is 0 Å². The molecule has 0 spiro atoms. The smallest absolute Gasteiger partial charge is 0.271 e. The number of carbonyl (C=O) groups is 2. The lowest BCUT2D eigenvalue weighted by molar-refractivity contribution is -0.128. The Morgan fingerprint density at radius 3 is 2.76 bits per heavy atom. The number of carbonyl (C=O) groups excluding carboxylic acids is 2. The molecule has 0 atom stereocenters. The summed E-state index contributed by atoms with van der Waals surface area (Å²) in [5.41, 5.74) is -0.121. The number of aromatic nitrogens is 1. The zero-order chi connectivity index (χ0) is 15.9. The molecule has 21 heavy (non-hydrogen) atoms. The maximum absolute atomic E-state index is 12.2. The number of aliphatic hydroxyl groups is 1. The Kier molecular flexibility index (Phi) is 5.88. The molecular formula is C15H19N3O3. The van der Waals surface area contributed by atoms with E-state index < -0.39 is 11.3 Å². The van der Waals surface area contributed by atoms with E-state index in [-0.39, 0.29) is 24.8 Å². The molecule has 0 aromatic carbocycles. The van der Waals surface area contributed by atoms with E-state index in [2.05, 4.69) is 27.5 Å². The molecule has 1 rings (SSSR count). The fourth-order valence-corrected chi connectivity index (χ4v) is 1.63. The van der Waals surface area contributed by atoms with Crippen LogP contribution in [0.5, 0.6) is 0 Å². The van der Waals surface area contributed by atoms with Gasteiger partial charge in [-0.3, -0.25) is 9.59 Å². The first-order valence-electron chi connectivity index (χ1n) is 6.47. The number of rotatable bonds is 4. The molecule has 0 bridgehead atoms. The standard InChI is InChI=1S/C15H19N3O3/c1-15(2,14(21)16-3)10-18-13(20)12-11(7-5-9-19)6-4-8-17-12/h4,6,8,19H,9-10H2,1-3H3,(H,16,21)(H,18,20). The molecule has 0 radical (unpaired) electrons. The summed E-state index contributed by atoms with van der Waals surface area (Å²) in [7, 11) is 1.55. The lowest BCUT2D eigenvalue weighted by Crippen LogP contribution is -2.44. The molecule has 0 aliphatic rings. The third-order valence-corrected chi connectivity index (χ3v) is 2.86. The summed E-state index contributed by atoms with van der Waals surface area (Å²) in [6.07, 6.45) is 1.49. The molecule has 112 valence electrons. The summed E-state index contributed by atoms with van der Waals surface area (Å²) >= 11 is 0. The van der Waals surface area contributed by atoms with Gasteiger partial charge in [0.2, 0.25) is 5.91 Å². The van der Waals surface area contributed by atoms with Crippen LogP contribution in [0.1, 0.15) is 29.9 Å². The zero-order valence-corrected chi connectivity index (χ0v) is 12.4. The highest BCUT2D eigenvalue weighted by Crippen LogP contribution is 2.13. The topological polar surface area (TPSA) is 91.3 Å². The SMILES string of the molecule is CNC(=O)C(C)(C)CNC(=O)c1ncccc1C#CCO. The Labute approximate surface area is 124 Å². The van der Waals surface area contributed by atoms with Crippen molar-refractivity contribution in [3.8, 4) is 11.8 Å². The van der Waals surface area contributed by atoms with Gasteiger partial charge in [-0.1, -0.05) is 11.8 Å². The van der Waals surface area contributed by atoms with Crippen LogP contribution in [-0.4, -0.2) is 42.1 Å². The van der Waals surface area contributed by atoms with Gasteiger partial charge in [-0.05, 0) is 26.0 Å². The molecule has 0 saturated heterocycles. The molecule has 0 aliphatic heterocycles. The second-order valence-electron chi connectivity index (χ2n) is 5.01. The lowest BCUT2D eigenvalue weighted by atomic mass is 9.92. The molecule has 1 aromatic rings. The summed E-state index contributed by atoms with van der Waals surface area (Å²) in [5, 5.41) is 13.9. The van der Waals surface area contributed by atoms with Gasteiger partial charge in [0.1, 0.15) is 12.3 Å². The average molecular weight is 289 g/mol. The molecule has 1 aromatic heterocycles. The van der Waals surface area contributed by atoms with Crippen LogP contribution in [0.3, 0.4) is 0 Å². The number of nitrogens with one attached hydrogen (secondary N) is 2. The molecule has 6 nitrogen and oxygen atoms in total. The van der Waals surface area contributed by atoms with Crippen molar-refractivity contribution in [1.29, 1.82) is 0 Å². The Morgan fingerprint density at radius 2 is 2.14 bits per heavy atom. The Hall–Kier alpha value is -2.39. The van der Waals surface area contributed by atoms with E-state index in [0.717, 1.165) is 0 Å². The molecule has 3 N–H and O–H groups in total. The molecule has 0 unspecified atom stereocenters. The fourth-order valence-electron chi connectivity index (χ4n) is 1.63. The minimum Gasteiger partial charge on any atom is -0.384 e. The number of hydrogen-bond acceptors (Lipinski definition) is 4. The summed E-state index contributed by atoms with van der Waals surface area (Å²) < 4.78 is 0. The summed E-state index contributed by atoms with van der Waals surface area (Å²) in [4.78, 5) is 27.8. The van der Waals surface area contributed by atoms with Gasteiger partial charge in [-0.15, -0.1) is 0 Å². The first-order valence-corrected chi connectivity index (χ1v) is 6.47. The van der Waals surface area contributed by atoms with Gasteiger partial charge >= 0.3 is 0 Å². The van der Waals surface area contributed by atoms with Crippen molar-refractivity contribution in [2.75, 3.05) is 20.2 Å². The third kappa shape index (κ3) is 4.58. The van der Waals surface area contributed by atoms with E-state index in [9.17, 15) is 9.59 Å². The van der Waals surface area contributed by atoms with Crippen LogP contribution < -0.4 is 10.6 Å². The predicted octanol–water partition coefficient (Wildman–Crippen LogP) is -0.0726. The highest BCUT2D eigenvalue weighted by atomic mass is 16.2. The molecule has 2 amide bonds. The second-order valence-corrected chi connectivity index (χ2v) is 5.01. The number of hydrogen-bond donors (Lipinski definition) is 3. The molecule has 0 fully saturated rings. The number of aliphatic hydroxyl groups excluding tert-OH is 1. The van der Waals surface area contributed by atoms with Crippen LogP contribution in [0.2, 0.25) is 0 Å². The van der Waals surface area contributed by atoms with Crippen molar-refractivity contribution in [1.82, 2.24) is 15.6 Å². The third-order valence-electron chi connectivity index (χ3n) is 2.86. The van der Waals surface area contributed by atoms with Crippen molar-refractivity contribution in [2.24, 2.45) is 5.41 Å². The maximum Gasteiger partial charge on any atom is 0.271 e. The Balaban J connectivity index is 2.84. The maximum atomic E-state index is 12.2. The van der Waals surface area contributed by atoms with Crippen LogP contribution in [-0.2, 0) is 4.79 Å². The summed E-state index contributed by atoms with van der Waals surface area (Å²) in [6.45, 7) is 3.35. The number of amides is 2. The van der Waals surface area contributed by atoms with Gasteiger partial charge in [-0.25, -0.2) is 4.98 Å². The van der Waals surface area contributed by atoms with Gasteiger partial charge in [0.25, 0.3) is 5.91 Å². The Morgan fingerprint density at radius 1 is 1.43 bits per heavy atom. The van der Waals surface area contributed by atoms with Gasteiger partial charge < -0.3 is 15.7 Å². The minimum absolute atomic E-state index is 0.163. The van der Waals surface area contributed by atoms with E-state index in [1.807, 2.05) is 0 Å². The monoisotopic (exact) mass is 289 g/mol. The van der Waals surface area contributed by atoms with Crippen LogP contribution in [0.15, 0.2) is 18.3 Å². The normalized spacial score (nSPS) is 10.3. The van der Waals surface area contributed by atoms with E-state index in [0.29, 0.717) is 5.56 Å². The zero-order valence-electron chi connectivity index (χ0n) is 12.4. The lowest BCUT2D eigenvalue weighted by Gasteiger charge is -2.22. The van der Waals surface area contributed by atoms with Gasteiger partial charge in [-0.2, -0.15) is 0 Å². The van der Waals surface area contributed by atoms with Crippen molar-refractivity contribution in [3.05, 3.63) is 29.6 Å². The van der Waals surface area contributed by atoms with E-state index in [1.165, 1.54) is 6.20 Å². The first kappa shape index (κ1) is 16.7. The largest absolute Gasteiger partial charge is 0.384 e. The van der Waals surface area contributed by atoms with Crippen molar-refractivity contribution in [3.63, 3.8) is 0 Å². The molecule has 6 heteroatoms. The van der Waals surface area contributed by atoms with E-state index >= 15 is 0 Å². The minimum atomic E-state index is -0.726. The highest BCUT2D eigenvalue weighted by Gasteiger charge is 2.27. The first-order chi connectivity index (χ1) is 9.92. The molecule has 1 heterocycles. The Bertz CT molecular complexity index is 585. The fraction of sp³-hybridized carbons (Fsp3) is 0.400. The quantitative estimate of drug-likeness (QED) is 0.677. The molecule has 0 saturated carbocycles. The number of pyridine rings is 1.